The van der Waals surface area contributed by atoms with Crippen molar-refractivity contribution in [3.05, 3.63) is 28.1 Å². The van der Waals surface area contributed by atoms with Crippen molar-refractivity contribution in [2.75, 3.05) is 5.73 Å². The van der Waals surface area contributed by atoms with Crippen molar-refractivity contribution >= 4 is 39.3 Å². The summed E-state index contributed by atoms with van der Waals surface area (Å²) in [4.78, 5) is 8.05. The van der Waals surface area contributed by atoms with Crippen LogP contribution in [0.15, 0.2) is 24.5 Å². The molecule has 0 fully saturated rings. The number of hydrogen-bond acceptors (Lipinski definition) is 3. The molecule has 2 rings (SSSR count). The van der Waals surface area contributed by atoms with Crippen LogP contribution in [-0.4, -0.2) is 9.97 Å². The van der Waals surface area contributed by atoms with Gasteiger partial charge in [0, 0.05) is 8.96 Å². The van der Waals surface area contributed by atoms with E-state index >= 15 is 0 Å². The average Bonchev–Trinajstić information content (AvgIpc) is 2.07. The number of anilines is 1. The van der Waals surface area contributed by atoms with Crippen LogP contribution in [0.2, 0.25) is 0 Å². The molecule has 0 saturated heterocycles. The van der Waals surface area contributed by atoms with Crippen LogP contribution in [0.5, 0.6) is 0 Å². The van der Waals surface area contributed by atoms with Gasteiger partial charge in [0.1, 0.15) is 12.1 Å². The molecule has 0 aliphatic carbocycles. The highest BCUT2D eigenvalue weighted by Gasteiger charge is 2.01. The van der Waals surface area contributed by atoms with Gasteiger partial charge in [-0.05, 0) is 34.7 Å². The number of fused-ring (bicyclic) bond motifs is 1. The van der Waals surface area contributed by atoms with E-state index in [0.717, 1.165) is 14.5 Å². The quantitative estimate of drug-likeness (QED) is 0.743. The zero-order valence-corrected chi connectivity index (χ0v) is 8.32. The summed E-state index contributed by atoms with van der Waals surface area (Å²) in [5, 5.41) is 0.921. The summed E-state index contributed by atoms with van der Waals surface area (Å²) >= 11 is 2.23. The Kier molecular flexibility index (Phi) is 1.84. The fourth-order valence-corrected chi connectivity index (χ4v) is 1.71. The maximum Gasteiger partial charge on any atom is 0.134 e. The number of rotatable bonds is 0. The molecular formula is C8H6IN3. The van der Waals surface area contributed by atoms with Crippen LogP contribution >= 0.6 is 22.6 Å². The standard InChI is InChI=1S/C8H6IN3/c9-6-3-1-2-5-7(6)11-4-12-8(5)10/h1-4H,(H2,10,11,12). The van der Waals surface area contributed by atoms with E-state index in [4.69, 9.17) is 5.73 Å². The normalized spacial score (nSPS) is 10.4. The smallest absolute Gasteiger partial charge is 0.134 e. The van der Waals surface area contributed by atoms with Crippen LogP contribution < -0.4 is 5.73 Å². The Labute approximate surface area is 83.2 Å². The van der Waals surface area contributed by atoms with Gasteiger partial charge in [-0.25, -0.2) is 9.97 Å². The molecule has 60 valence electrons. The van der Waals surface area contributed by atoms with Gasteiger partial charge in [0.15, 0.2) is 0 Å². The van der Waals surface area contributed by atoms with E-state index in [1.54, 1.807) is 0 Å². The lowest BCUT2D eigenvalue weighted by atomic mass is 10.2. The second-order valence-electron chi connectivity index (χ2n) is 2.39. The minimum absolute atomic E-state index is 0.540. The molecule has 0 spiro atoms. The molecule has 0 bridgehead atoms. The number of nitrogen functional groups attached to an aromatic ring is 1. The number of nitrogens with two attached hydrogens (primary N) is 1. The van der Waals surface area contributed by atoms with Gasteiger partial charge in [0.05, 0.1) is 5.52 Å². The largest absolute Gasteiger partial charge is 0.383 e. The van der Waals surface area contributed by atoms with Gasteiger partial charge in [0.2, 0.25) is 0 Å². The number of para-hydroxylation sites is 1. The zero-order valence-electron chi connectivity index (χ0n) is 6.16. The summed E-state index contributed by atoms with van der Waals surface area (Å²) in [6, 6.07) is 5.87. The fraction of sp³-hybridized carbons (Fsp3) is 0. The van der Waals surface area contributed by atoms with Crippen molar-refractivity contribution in [1.29, 1.82) is 0 Å². The highest BCUT2D eigenvalue weighted by atomic mass is 127. The van der Waals surface area contributed by atoms with Crippen LogP contribution in [0, 0.1) is 3.57 Å². The molecule has 0 radical (unpaired) electrons. The zero-order chi connectivity index (χ0) is 8.55. The Morgan fingerprint density at radius 1 is 1.25 bits per heavy atom. The Morgan fingerprint density at radius 2 is 2.08 bits per heavy atom. The Bertz CT molecular complexity index is 386. The number of benzene rings is 1. The van der Waals surface area contributed by atoms with E-state index in [2.05, 4.69) is 32.6 Å². The molecule has 4 heteroatoms. The minimum Gasteiger partial charge on any atom is -0.383 e. The van der Waals surface area contributed by atoms with Crippen LogP contribution in [-0.2, 0) is 0 Å². The van der Waals surface area contributed by atoms with Gasteiger partial charge in [0.25, 0.3) is 0 Å². The van der Waals surface area contributed by atoms with Crippen molar-refractivity contribution in [3.63, 3.8) is 0 Å². The summed E-state index contributed by atoms with van der Waals surface area (Å²) in [7, 11) is 0. The van der Waals surface area contributed by atoms with Gasteiger partial charge < -0.3 is 5.73 Å². The molecule has 0 aliphatic heterocycles. The van der Waals surface area contributed by atoms with Gasteiger partial charge in [-0.15, -0.1) is 0 Å². The summed E-state index contributed by atoms with van der Waals surface area (Å²) in [5.74, 6) is 0.540. The third-order valence-electron chi connectivity index (χ3n) is 1.65. The summed E-state index contributed by atoms with van der Waals surface area (Å²) < 4.78 is 1.10. The monoisotopic (exact) mass is 271 g/mol. The van der Waals surface area contributed by atoms with Gasteiger partial charge >= 0.3 is 0 Å². The molecule has 12 heavy (non-hydrogen) atoms. The first kappa shape index (κ1) is 7.72. The third-order valence-corrected chi connectivity index (χ3v) is 2.52. The molecule has 1 aromatic carbocycles. The SMILES string of the molecule is Nc1ncnc2c(I)cccc12. The minimum atomic E-state index is 0.540. The molecule has 1 aromatic heterocycles. The van der Waals surface area contributed by atoms with Crippen molar-refractivity contribution in [3.8, 4) is 0 Å². The lowest BCUT2D eigenvalue weighted by Crippen LogP contribution is -1.93. The molecule has 0 saturated carbocycles. The second-order valence-corrected chi connectivity index (χ2v) is 3.56. The van der Waals surface area contributed by atoms with E-state index in [0.29, 0.717) is 5.82 Å². The second kappa shape index (κ2) is 2.85. The summed E-state index contributed by atoms with van der Waals surface area (Å²) in [6.45, 7) is 0. The first-order valence-corrected chi connectivity index (χ1v) is 4.51. The number of hydrogen-bond donors (Lipinski definition) is 1. The first-order valence-electron chi connectivity index (χ1n) is 3.44. The summed E-state index contributed by atoms with van der Waals surface area (Å²) in [6.07, 6.45) is 1.49. The van der Waals surface area contributed by atoms with E-state index in [9.17, 15) is 0 Å². The van der Waals surface area contributed by atoms with E-state index in [-0.39, 0.29) is 0 Å². The van der Waals surface area contributed by atoms with Crippen LogP contribution in [0.1, 0.15) is 0 Å². The number of aromatic nitrogens is 2. The molecule has 0 amide bonds. The topological polar surface area (TPSA) is 51.8 Å². The van der Waals surface area contributed by atoms with Crippen molar-refractivity contribution < 1.29 is 0 Å². The molecular weight excluding hydrogens is 265 g/mol. The maximum absolute atomic E-state index is 5.67. The predicted octanol–water partition coefficient (Wildman–Crippen LogP) is 1.82. The molecule has 0 atom stereocenters. The lowest BCUT2D eigenvalue weighted by Gasteiger charge is -2.00. The van der Waals surface area contributed by atoms with Crippen LogP contribution in [0.25, 0.3) is 10.9 Å². The molecule has 1 heterocycles. The average molecular weight is 271 g/mol. The molecule has 0 aliphatic rings. The van der Waals surface area contributed by atoms with Crippen molar-refractivity contribution in [2.45, 2.75) is 0 Å². The van der Waals surface area contributed by atoms with E-state index in [1.165, 1.54) is 6.33 Å². The van der Waals surface area contributed by atoms with Gasteiger partial charge in [-0.1, -0.05) is 6.07 Å². The first-order chi connectivity index (χ1) is 5.79. The fourth-order valence-electron chi connectivity index (χ4n) is 1.07. The van der Waals surface area contributed by atoms with E-state index < -0.39 is 0 Å². The molecule has 2 aromatic rings. The summed E-state index contributed by atoms with van der Waals surface area (Å²) in [5.41, 5.74) is 6.59. The Hall–Kier alpha value is -0.910. The van der Waals surface area contributed by atoms with Crippen LogP contribution in [0.3, 0.4) is 0 Å². The molecule has 3 nitrogen and oxygen atoms in total. The van der Waals surface area contributed by atoms with Crippen molar-refractivity contribution in [1.82, 2.24) is 9.97 Å². The molecule has 2 N–H and O–H groups in total. The van der Waals surface area contributed by atoms with E-state index in [1.807, 2.05) is 18.2 Å². The highest BCUT2D eigenvalue weighted by Crippen LogP contribution is 2.20. The predicted molar refractivity (Wildman–Crippen MR) is 56.7 cm³/mol. The Balaban J connectivity index is 2.94. The Morgan fingerprint density at radius 3 is 2.83 bits per heavy atom. The maximum atomic E-state index is 5.67. The molecule has 0 unspecified atom stereocenters. The number of nitrogens with zero attached hydrogens (tertiary/aromatic N) is 2. The lowest BCUT2D eigenvalue weighted by molar-refractivity contribution is 1.23. The number of halogens is 1. The third kappa shape index (κ3) is 1.12. The van der Waals surface area contributed by atoms with Crippen LogP contribution in [0.4, 0.5) is 5.82 Å². The van der Waals surface area contributed by atoms with Gasteiger partial charge in [-0.2, -0.15) is 0 Å². The van der Waals surface area contributed by atoms with Crippen molar-refractivity contribution in [2.24, 2.45) is 0 Å². The highest BCUT2D eigenvalue weighted by molar-refractivity contribution is 14.1. The van der Waals surface area contributed by atoms with Gasteiger partial charge in [-0.3, -0.25) is 0 Å².